The number of benzene rings is 1. The van der Waals surface area contributed by atoms with Gasteiger partial charge in [0.05, 0.1) is 15.9 Å². The minimum atomic E-state index is -10.5. The highest BCUT2D eigenvalue weighted by atomic mass is 32.5. The Bertz CT molecular complexity index is 704. The fourth-order valence-corrected chi connectivity index (χ4v) is 2.32. The van der Waals surface area contributed by atoms with Crippen LogP contribution in [0.1, 0.15) is 6.92 Å². The van der Waals surface area contributed by atoms with Crippen LogP contribution >= 0.6 is 10.2 Å². The summed E-state index contributed by atoms with van der Waals surface area (Å²) in [6, 6.07) is -0.794. The number of nitro groups is 2. The van der Waals surface area contributed by atoms with Crippen LogP contribution in [-0.4, -0.2) is 15.8 Å². The maximum atomic E-state index is 12.8. The second-order valence-corrected chi connectivity index (χ2v) is 6.38. The lowest BCUT2D eigenvalue weighted by Gasteiger charge is -2.39. The molecule has 0 aliphatic heterocycles. The second-order valence-electron chi connectivity index (χ2n) is 4.00. The summed E-state index contributed by atoms with van der Waals surface area (Å²) < 4.78 is 64.2. The fraction of sp³-hybridized carbons (Fsp3) is 0.125. The topological polar surface area (TPSA) is 115 Å². The van der Waals surface area contributed by atoms with Crippen molar-refractivity contribution < 1.29 is 34.1 Å². The second kappa shape index (κ2) is 4.25. The van der Waals surface area contributed by atoms with E-state index in [1.54, 1.807) is 5.32 Å². The van der Waals surface area contributed by atoms with Gasteiger partial charge in [-0.05, 0) is 6.07 Å². The molecule has 0 atom stereocenters. The van der Waals surface area contributed by atoms with Crippen LogP contribution in [-0.2, 0) is 4.79 Å². The van der Waals surface area contributed by atoms with Crippen LogP contribution in [0.5, 0.6) is 0 Å². The summed E-state index contributed by atoms with van der Waals surface area (Å²) in [5.74, 6) is -1.09. The Kier molecular flexibility index (Phi) is 3.39. The molecule has 22 heavy (non-hydrogen) atoms. The summed E-state index contributed by atoms with van der Waals surface area (Å²) in [4.78, 5) is 25.9. The van der Waals surface area contributed by atoms with Crippen LogP contribution < -0.4 is 5.32 Å². The van der Waals surface area contributed by atoms with Crippen molar-refractivity contribution in [2.75, 3.05) is 5.32 Å². The van der Waals surface area contributed by atoms with Crippen LogP contribution in [0.4, 0.5) is 36.5 Å². The highest BCUT2D eigenvalue weighted by Crippen LogP contribution is 3.03. The summed E-state index contributed by atoms with van der Waals surface area (Å²) in [7, 11) is -10.5. The first-order chi connectivity index (χ1) is 9.52. The van der Waals surface area contributed by atoms with Crippen molar-refractivity contribution >= 4 is 33.2 Å². The highest BCUT2D eigenvalue weighted by Gasteiger charge is 2.69. The number of nitro benzene ring substituents is 2. The standard InChI is InChI=1S/C8H6F5N3O5S/c1-4(17)14-5-2-8(22(9,10,11,12)13)7(16(20)21)3-6(5)15(18)19/h2-3H,1H3,(H,14,17). The molecule has 0 saturated heterocycles. The SMILES string of the molecule is CC(=O)Nc1cc(S(F)(F)(F)(F)F)c([N+](=O)[O-])cc1[N+](=O)[O-]. The van der Waals surface area contributed by atoms with Gasteiger partial charge in [-0.25, -0.2) is 0 Å². The van der Waals surface area contributed by atoms with Crippen molar-refractivity contribution in [1.82, 2.24) is 0 Å². The monoisotopic (exact) mass is 351 g/mol. The molecular formula is C8H6F5N3O5S. The van der Waals surface area contributed by atoms with Gasteiger partial charge in [0, 0.05) is 6.92 Å². The first kappa shape index (κ1) is 17.5. The minimum Gasteiger partial charge on any atom is -0.321 e. The Morgan fingerprint density at radius 2 is 1.50 bits per heavy atom. The van der Waals surface area contributed by atoms with Crippen molar-refractivity contribution in [2.45, 2.75) is 11.8 Å². The summed E-state index contributed by atoms with van der Waals surface area (Å²) in [6.07, 6.45) is 0. The number of nitrogens with one attached hydrogen (secondary N) is 1. The average molecular weight is 351 g/mol. The Hall–Kier alpha value is -2.51. The molecule has 0 heterocycles. The maximum Gasteiger partial charge on any atom is 0.316 e. The largest absolute Gasteiger partial charge is 0.321 e. The van der Waals surface area contributed by atoms with E-state index in [4.69, 9.17) is 0 Å². The zero-order valence-electron chi connectivity index (χ0n) is 10.4. The zero-order valence-corrected chi connectivity index (χ0v) is 11.2. The molecule has 0 spiro atoms. The zero-order chi connectivity index (χ0) is 17.6. The van der Waals surface area contributed by atoms with E-state index in [0.717, 1.165) is 6.92 Å². The first-order valence-corrected chi connectivity index (χ1v) is 6.96. The fourth-order valence-electron chi connectivity index (χ4n) is 1.45. The lowest BCUT2D eigenvalue weighted by Crippen LogP contribution is -2.13. The van der Waals surface area contributed by atoms with Gasteiger partial charge in [0.25, 0.3) is 11.4 Å². The Balaban J connectivity index is 3.89. The molecule has 0 fully saturated rings. The van der Waals surface area contributed by atoms with Crippen molar-refractivity contribution in [3.05, 3.63) is 32.4 Å². The number of anilines is 1. The molecule has 1 amide bonds. The van der Waals surface area contributed by atoms with Crippen molar-refractivity contribution in [1.29, 1.82) is 0 Å². The number of halogens is 5. The summed E-state index contributed by atoms with van der Waals surface area (Å²) in [5.41, 5.74) is -4.74. The van der Waals surface area contributed by atoms with Gasteiger partial charge in [-0.15, -0.1) is 0 Å². The van der Waals surface area contributed by atoms with Gasteiger partial charge in [0.15, 0.2) is 4.90 Å². The number of nitrogens with zero attached hydrogens (tertiary/aromatic N) is 2. The molecular weight excluding hydrogens is 345 g/mol. The molecule has 0 radical (unpaired) electrons. The smallest absolute Gasteiger partial charge is 0.316 e. The Labute approximate surface area is 117 Å². The third-order valence-electron chi connectivity index (χ3n) is 2.20. The van der Waals surface area contributed by atoms with E-state index in [9.17, 15) is 44.5 Å². The van der Waals surface area contributed by atoms with Gasteiger partial charge in [-0.3, -0.25) is 25.0 Å². The molecule has 0 aromatic heterocycles. The summed E-state index contributed by atoms with van der Waals surface area (Å²) >= 11 is 0. The van der Waals surface area contributed by atoms with E-state index >= 15 is 0 Å². The number of carbonyl (C=O) groups excluding carboxylic acids is 1. The lowest BCUT2D eigenvalue weighted by molar-refractivity contribution is -0.395. The molecule has 0 aliphatic rings. The van der Waals surface area contributed by atoms with E-state index in [1.807, 2.05) is 0 Å². The summed E-state index contributed by atoms with van der Waals surface area (Å²) in [5, 5.41) is 22.8. The van der Waals surface area contributed by atoms with E-state index in [1.165, 1.54) is 0 Å². The predicted molar refractivity (Wildman–Crippen MR) is 65.5 cm³/mol. The normalized spacial score (nSPS) is 14.6. The molecule has 1 aromatic rings. The van der Waals surface area contributed by atoms with Crippen LogP contribution in [0.15, 0.2) is 17.0 Å². The molecule has 0 aliphatic carbocycles. The average Bonchev–Trinajstić information content (AvgIpc) is 2.23. The van der Waals surface area contributed by atoms with E-state index < -0.39 is 54.0 Å². The third-order valence-corrected chi connectivity index (χ3v) is 3.36. The van der Waals surface area contributed by atoms with Gasteiger partial charge in [0.2, 0.25) is 5.91 Å². The van der Waals surface area contributed by atoms with Gasteiger partial charge in [-0.1, -0.05) is 19.4 Å². The van der Waals surface area contributed by atoms with Crippen LogP contribution in [0.3, 0.4) is 0 Å². The van der Waals surface area contributed by atoms with Crippen molar-refractivity contribution in [3.8, 4) is 0 Å². The predicted octanol–water partition coefficient (Wildman–Crippen LogP) is 4.12. The van der Waals surface area contributed by atoms with Gasteiger partial charge in [0.1, 0.15) is 5.69 Å². The maximum absolute atomic E-state index is 12.8. The van der Waals surface area contributed by atoms with Gasteiger partial charge < -0.3 is 5.32 Å². The number of carbonyl (C=O) groups is 1. The number of amides is 1. The molecule has 1 aromatic carbocycles. The molecule has 124 valence electrons. The lowest BCUT2D eigenvalue weighted by atomic mass is 10.2. The van der Waals surface area contributed by atoms with E-state index in [0.29, 0.717) is 0 Å². The Morgan fingerprint density at radius 3 is 1.82 bits per heavy atom. The third kappa shape index (κ3) is 3.78. The van der Waals surface area contributed by atoms with Crippen LogP contribution in [0.25, 0.3) is 0 Å². The first-order valence-electron chi connectivity index (χ1n) is 5.01. The number of rotatable bonds is 4. The molecule has 14 heteroatoms. The highest BCUT2D eigenvalue weighted by molar-refractivity contribution is 8.45. The van der Waals surface area contributed by atoms with Crippen molar-refractivity contribution in [3.63, 3.8) is 0 Å². The van der Waals surface area contributed by atoms with Crippen molar-refractivity contribution in [2.24, 2.45) is 0 Å². The minimum absolute atomic E-state index is 0.279. The quantitative estimate of drug-likeness (QED) is 0.498. The molecule has 1 N–H and O–H groups in total. The molecule has 8 nitrogen and oxygen atoms in total. The number of hydrogen-bond donors (Lipinski definition) is 1. The molecule has 0 saturated carbocycles. The van der Waals surface area contributed by atoms with Gasteiger partial charge in [-0.2, -0.15) is 0 Å². The molecule has 1 rings (SSSR count). The van der Waals surface area contributed by atoms with E-state index in [2.05, 4.69) is 0 Å². The van der Waals surface area contributed by atoms with Crippen LogP contribution in [0.2, 0.25) is 0 Å². The van der Waals surface area contributed by atoms with Crippen LogP contribution in [0, 0.1) is 20.2 Å². The molecule has 0 bridgehead atoms. The van der Waals surface area contributed by atoms with E-state index in [-0.39, 0.29) is 6.07 Å². The van der Waals surface area contributed by atoms with Gasteiger partial charge >= 0.3 is 10.2 Å². The summed E-state index contributed by atoms with van der Waals surface area (Å²) in [6.45, 7) is 0.755. The Morgan fingerprint density at radius 1 is 1.05 bits per heavy atom. The molecule has 0 unspecified atom stereocenters. The number of hydrogen-bond acceptors (Lipinski definition) is 5.